The molecule has 2 heterocycles. The van der Waals surface area contributed by atoms with Gasteiger partial charge in [0.15, 0.2) is 0 Å². The van der Waals surface area contributed by atoms with Crippen LogP contribution >= 0.6 is 11.6 Å². The molecule has 0 spiro atoms. The average molecular weight is 437 g/mol. The summed E-state index contributed by atoms with van der Waals surface area (Å²) in [6.45, 7) is 4.04. The van der Waals surface area contributed by atoms with Crippen LogP contribution in [0.5, 0.6) is 0 Å². The third kappa shape index (κ3) is 4.69. The predicted molar refractivity (Wildman–Crippen MR) is 124 cm³/mol. The molecule has 4 rings (SSSR count). The van der Waals surface area contributed by atoms with Gasteiger partial charge in [-0.15, -0.1) is 5.10 Å². The number of fused-ring (bicyclic) bond motifs is 1. The maximum Gasteiger partial charge on any atom is 0.268 e. The first-order valence-corrected chi connectivity index (χ1v) is 10.9. The molecule has 3 atom stereocenters. The van der Waals surface area contributed by atoms with E-state index in [2.05, 4.69) is 39.9 Å². The quantitative estimate of drug-likeness (QED) is 0.758. The summed E-state index contributed by atoms with van der Waals surface area (Å²) in [5, 5.41) is 15.0. The number of hydrogen-bond acceptors (Lipinski definition) is 4. The molecule has 0 saturated heterocycles. The lowest BCUT2D eigenvalue weighted by molar-refractivity contribution is -0.123. The standard InChI is InChI=1S/C24H25ClN4O2/c1-14-15(2)22(29-28-21(14)12-16-6-4-3-5-7-16)24(31)27-20-10-8-17-13-18(25)9-11-19(17)26-23(20)30/h3-7,9,11,13-15,20H,8,10,12H2,1-2H3,(H,26,30)(H,27,31)/t14?,15?,20-/m0/s1. The van der Waals surface area contributed by atoms with E-state index < -0.39 is 6.04 Å². The highest BCUT2D eigenvalue weighted by Gasteiger charge is 2.33. The Hall–Kier alpha value is -2.99. The first-order valence-electron chi connectivity index (χ1n) is 10.5. The lowest BCUT2D eigenvalue weighted by atomic mass is 9.84. The number of benzene rings is 2. The smallest absolute Gasteiger partial charge is 0.268 e. The molecular formula is C24H25ClN4O2. The van der Waals surface area contributed by atoms with Gasteiger partial charge in [-0.05, 0) is 42.2 Å². The van der Waals surface area contributed by atoms with E-state index in [0.717, 1.165) is 22.5 Å². The van der Waals surface area contributed by atoms with Crippen LogP contribution in [0.25, 0.3) is 0 Å². The number of halogens is 1. The Labute approximate surface area is 186 Å². The summed E-state index contributed by atoms with van der Waals surface area (Å²) in [5.41, 5.74) is 4.18. The van der Waals surface area contributed by atoms with Crippen molar-refractivity contribution in [2.45, 2.75) is 39.2 Å². The summed E-state index contributed by atoms with van der Waals surface area (Å²) >= 11 is 6.07. The van der Waals surface area contributed by atoms with Gasteiger partial charge in [-0.25, -0.2) is 0 Å². The molecule has 2 amide bonds. The van der Waals surface area contributed by atoms with Crippen molar-refractivity contribution in [3.05, 3.63) is 64.7 Å². The van der Waals surface area contributed by atoms with Gasteiger partial charge in [0.1, 0.15) is 11.8 Å². The van der Waals surface area contributed by atoms with E-state index in [1.165, 1.54) is 0 Å². The Balaban J connectivity index is 1.46. The van der Waals surface area contributed by atoms with Crippen molar-refractivity contribution >= 4 is 40.5 Å². The van der Waals surface area contributed by atoms with Gasteiger partial charge >= 0.3 is 0 Å². The van der Waals surface area contributed by atoms with Gasteiger partial charge in [-0.2, -0.15) is 5.10 Å². The molecule has 0 fully saturated rings. The summed E-state index contributed by atoms with van der Waals surface area (Å²) in [7, 11) is 0. The molecule has 2 aliphatic rings. The zero-order valence-corrected chi connectivity index (χ0v) is 18.3. The molecule has 6 nitrogen and oxygen atoms in total. The van der Waals surface area contributed by atoms with E-state index in [0.29, 0.717) is 30.0 Å². The van der Waals surface area contributed by atoms with Crippen molar-refractivity contribution in [3.8, 4) is 0 Å². The van der Waals surface area contributed by atoms with E-state index in [1.54, 1.807) is 12.1 Å². The lowest BCUT2D eigenvalue weighted by Crippen LogP contribution is -2.48. The van der Waals surface area contributed by atoms with Gasteiger partial charge in [0, 0.05) is 34.7 Å². The molecule has 0 saturated carbocycles. The minimum absolute atomic E-state index is 0.0767. The van der Waals surface area contributed by atoms with Crippen molar-refractivity contribution in [1.29, 1.82) is 0 Å². The number of carbonyl (C=O) groups excluding carboxylic acids is 2. The number of aryl methyl sites for hydroxylation is 1. The minimum atomic E-state index is -0.640. The maximum absolute atomic E-state index is 13.0. The molecule has 0 radical (unpaired) electrons. The highest BCUT2D eigenvalue weighted by atomic mass is 35.5. The summed E-state index contributed by atoms with van der Waals surface area (Å²) in [6, 6.07) is 14.8. The van der Waals surface area contributed by atoms with Gasteiger partial charge in [-0.1, -0.05) is 55.8 Å². The molecule has 31 heavy (non-hydrogen) atoms. The molecule has 7 heteroatoms. The molecule has 0 bridgehead atoms. The normalized spacial score (nSPS) is 23.1. The molecular weight excluding hydrogens is 412 g/mol. The second kappa shape index (κ2) is 9.02. The molecule has 160 valence electrons. The number of carbonyl (C=O) groups is 2. The van der Waals surface area contributed by atoms with Crippen molar-refractivity contribution in [2.75, 3.05) is 5.32 Å². The van der Waals surface area contributed by atoms with Crippen LogP contribution in [-0.2, 0) is 22.4 Å². The molecule has 2 unspecified atom stereocenters. The molecule has 2 aliphatic heterocycles. The second-order valence-electron chi connectivity index (χ2n) is 8.17. The fraction of sp³-hybridized carbons (Fsp3) is 0.333. The number of rotatable bonds is 4. The van der Waals surface area contributed by atoms with Crippen LogP contribution in [-0.4, -0.2) is 29.3 Å². The Bertz CT molecular complexity index is 1060. The molecule has 2 N–H and O–H groups in total. The largest absolute Gasteiger partial charge is 0.339 e. The summed E-state index contributed by atoms with van der Waals surface area (Å²) in [5.74, 6) is -0.598. The number of anilines is 1. The van der Waals surface area contributed by atoms with Crippen LogP contribution in [0.3, 0.4) is 0 Å². The Morgan fingerprint density at radius 1 is 1.13 bits per heavy atom. The van der Waals surface area contributed by atoms with E-state index in [9.17, 15) is 9.59 Å². The van der Waals surface area contributed by atoms with E-state index in [1.807, 2.05) is 31.2 Å². The van der Waals surface area contributed by atoms with E-state index in [4.69, 9.17) is 11.6 Å². The first-order chi connectivity index (χ1) is 14.9. The van der Waals surface area contributed by atoms with E-state index in [-0.39, 0.29) is 23.7 Å². The van der Waals surface area contributed by atoms with Crippen LogP contribution in [0, 0.1) is 11.8 Å². The number of nitrogens with one attached hydrogen (secondary N) is 2. The summed E-state index contributed by atoms with van der Waals surface area (Å²) in [4.78, 5) is 25.6. The Kier molecular flexibility index (Phi) is 6.18. The minimum Gasteiger partial charge on any atom is -0.339 e. The number of nitrogens with zero attached hydrogens (tertiary/aromatic N) is 2. The number of amides is 2. The van der Waals surface area contributed by atoms with Crippen LogP contribution in [0.2, 0.25) is 5.02 Å². The SMILES string of the molecule is CC1C(Cc2ccccc2)=NN=C(C(=O)N[C@H]2CCc3cc(Cl)ccc3NC2=O)C1C. The maximum atomic E-state index is 13.0. The van der Waals surface area contributed by atoms with Gasteiger partial charge in [0.05, 0.1) is 0 Å². The zero-order valence-electron chi connectivity index (χ0n) is 17.6. The number of hydrogen-bond donors (Lipinski definition) is 2. The highest BCUT2D eigenvalue weighted by molar-refractivity contribution is 6.40. The fourth-order valence-electron chi connectivity index (χ4n) is 3.99. The van der Waals surface area contributed by atoms with E-state index >= 15 is 0 Å². The fourth-order valence-corrected chi connectivity index (χ4v) is 4.19. The average Bonchev–Trinajstić information content (AvgIpc) is 2.91. The van der Waals surface area contributed by atoms with Gasteiger partial charge in [-0.3, -0.25) is 9.59 Å². The second-order valence-corrected chi connectivity index (χ2v) is 8.61. The monoisotopic (exact) mass is 436 g/mol. The zero-order chi connectivity index (χ0) is 22.0. The van der Waals surface area contributed by atoms with Crippen LogP contribution in [0.1, 0.15) is 31.4 Å². The van der Waals surface area contributed by atoms with Crippen molar-refractivity contribution in [1.82, 2.24) is 5.32 Å². The van der Waals surface area contributed by atoms with Gasteiger partial charge in [0.2, 0.25) is 5.91 Å². The summed E-state index contributed by atoms with van der Waals surface area (Å²) in [6.07, 6.45) is 1.83. The topological polar surface area (TPSA) is 82.9 Å². The predicted octanol–water partition coefficient (Wildman–Crippen LogP) is 4.04. The van der Waals surface area contributed by atoms with Crippen LogP contribution in [0.15, 0.2) is 58.7 Å². The van der Waals surface area contributed by atoms with Crippen LogP contribution < -0.4 is 10.6 Å². The Morgan fingerprint density at radius 2 is 1.90 bits per heavy atom. The lowest BCUT2D eigenvalue weighted by Gasteiger charge is -2.26. The summed E-state index contributed by atoms with van der Waals surface area (Å²) < 4.78 is 0. The highest BCUT2D eigenvalue weighted by Crippen LogP contribution is 2.26. The molecule has 0 aromatic heterocycles. The van der Waals surface area contributed by atoms with Crippen molar-refractivity contribution < 1.29 is 9.59 Å². The molecule has 2 aromatic carbocycles. The third-order valence-electron chi connectivity index (χ3n) is 6.10. The van der Waals surface area contributed by atoms with Crippen LogP contribution in [0.4, 0.5) is 5.69 Å². The third-order valence-corrected chi connectivity index (χ3v) is 6.34. The molecule has 2 aromatic rings. The van der Waals surface area contributed by atoms with Crippen molar-refractivity contribution in [3.63, 3.8) is 0 Å². The van der Waals surface area contributed by atoms with Gasteiger partial charge < -0.3 is 10.6 Å². The Morgan fingerprint density at radius 3 is 2.68 bits per heavy atom. The molecule has 0 aliphatic carbocycles. The van der Waals surface area contributed by atoms with Gasteiger partial charge in [0.25, 0.3) is 5.91 Å². The van der Waals surface area contributed by atoms with Crippen molar-refractivity contribution in [2.24, 2.45) is 22.0 Å². The first kappa shape index (κ1) is 21.2.